The molecule has 0 N–H and O–H groups in total. The Labute approximate surface area is 187 Å². The first-order chi connectivity index (χ1) is 14.8. The number of nitrogens with zero attached hydrogens (tertiary/aromatic N) is 2. The van der Waals surface area contributed by atoms with Crippen molar-refractivity contribution >= 4 is 39.6 Å². The van der Waals surface area contributed by atoms with Gasteiger partial charge in [0, 0.05) is 17.7 Å². The molecule has 31 heavy (non-hydrogen) atoms. The summed E-state index contributed by atoms with van der Waals surface area (Å²) in [5.74, 6) is 0.848. The number of aliphatic imine (C=N–C) groups is 1. The van der Waals surface area contributed by atoms with E-state index in [1.54, 1.807) is 24.3 Å². The molecule has 0 saturated carbocycles. The summed E-state index contributed by atoms with van der Waals surface area (Å²) in [6.45, 7) is 6.95. The molecule has 8 nitrogen and oxygen atoms in total. The minimum absolute atomic E-state index is 0.0148. The summed E-state index contributed by atoms with van der Waals surface area (Å²) >= 11 is 3.50. The summed E-state index contributed by atoms with van der Waals surface area (Å²) in [4.78, 5) is 27.0. The Morgan fingerprint density at radius 3 is 2.71 bits per heavy atom. The standard InChI is InChI=1S/C22H21BrN2O6/c1-4-29-19-10-14(8-17(23)20(19)30-12-13(2)3)9-18-22(26)31-21(24-18)15-6-5-7-16(11-15)25(27)28/h5-11,13H,4,12H2,1-3H3/b18-9-. The number of non-ortho nitro benzene ring substituents is 1. The molecule has 0 aromatic heterocycles. The van der Waals surface area contributed by atoms with E-state index in [1.807, 2.05) is 6.92 Å². The van der Waals surface area contributed by atoms with Crippen molar-refractivity contribution in [1.29, 1.82) is 0 Å². The van der Waals surface area contributed by atoms with Gasteiger partial charge < -0.3 is 14.2 Å². The topological polar surface area (TPSA) is 100 Å². The number of esters is 1. The third kappa shape index (κ3) is 5.49. The van der Waals surface area contributed by atoms with Crippen molar-refractivity contribution < 1.29 is 23.9 Å². The van der Waals surface area contributed by atoms with Crippen molar-refractivity contribution in [2.75, 3.05) is 13.2 Å². The Morgan fingerprint density at radius 1 is 1.26 bits per heavy atom. The highest BCUT2D eigenvalue weighted by atomic mass is 79.9. The SMILES string of the molecule is CCOc1cc(/C=C2\N=C(c3cccc([N+](=O)[O-])c3)OC2=O)cc(Br)c1OCC(C)C. The van der Waals surface area contributed by atoms with Gasteiger partial charge in [-0.25, -0.2) is 9.79 Å². The summed E-state index contributed by atoms with van der Waals surface area (Å²) in [6.07, 6.45) is 1.56. The second-order valence-corrected chi connectivity index (χ2v) is 7.97. The van der Waals surface area contributed by atoms with Crippen LogP contribution in [0, 0.1) is 16.0 Å². The molecule has 0 fully saturated rings. The van der Waals surface area contributed by atoms with Gasteiger partial charge in [-0.1, -0.05) is 19.9 Å². The van der Waals surface area contributed by atoms with Crippen molar-refractivity contribution in [1.82, 2.24) is 0 Å². The van der Waals surface area contributed by atoms with Crippen molar-refractivity contribution in [2.24, 2.45) is 10.9 Å². The number of nitro benzene ring substituents is 1. The largest absolute Gasteiger partial charge is 0.490 e. The maximum absolute atomic E-state index is 12.3. The van der Waals surface area contributed by atoms with Crippen LogP contribution in [-0.4, -0.2) is 30.0 Å². The van der Waals surface area contributed by atoms with Gasteiger partial charge in [0.2, 0.25) is 5.90 Å². The molecular weight excluding hydrogens is 468 g/mol. The lowest BCUT2D eigenvalue weighted by atomic mass is 10.1. The molecule has 9 heteroatoms. The highest BCUT2D eigenvalue weighted by molar-refractivity contribution is 9.10. The Bertz CT molecular complexity index is 1080. The summed E-state index contributed by atoms with van der Waals surface area (Å²) < 4.78 is 17.5. The predicted molar refractivity (Wildman–Crippen MR) is 119 cm³/mol. The minimum atomic E-state index is -0.643. The number of benzene rings is 2. The van der Waals surface area contributed by atoms with Gasteiger partial charge in [0.05, 0.1) is 22.6 Å². The monoisotopic (exact) mass is 488 g/mol. The fourth-order valence-corrected chi connectivity index (χ4v) is 3.34. The maximum atomic E-state index is 12.3. The van der Waals surface area contributed by atoms with E-state index in [1.165, 1.54) is 18.2 Å². The van der Waals surface area contributed by atoms with Gasteiger partial charge in [-0.3, -0.25) is 10.1 Å². The van der Waals surface area contributed by atoms with Crippen molar-refractivity contribution in [3.8, 4) is 11.5 Å². The zero-order valence-electron chi connectivity index (χ0n) is 17.3. The lowest BCUT2D eigenvalue weighted by Crippen LogP contribution is -2.07. The average Bonchev–Trinajstić information content (AvgIpc) is 3.08. The molecule has 1 aliphatic heterocycles. The van der Waals surface area contributed by atoms with Crippen molar-refractivity contribution in [3.05, 3.63) is 67.8 Å². The molecule has 162 valence electrons. The first kappa shape index (κ1) is 22.5. The molecule has 2 aromatic rings. The van der Waals surface area contributed by atoms with Crippen LogP contribution in [0.15, 0.2) is 51.6 Å². The molecule has 0 bridgehead atoms. The zero-order valence-corrected chi connectivity index (χ0v) is 18.8. The third-order valence-corrected chi connectivity index (χ3v) is 4.71. The number of hydrogen-bond acceptors (Lipinski definition) is 7. The number of carbonyl (C=O) groups is 1. The van der Waals surface area contributed by atoms with Crippen LogP contribution in [0.25, 0.3) is 6.08 Å². The van der Waals surface area contributed by atoms with Crippen LogP contribution in [0.5, 0.6) is 11.5 Å². The smallest absolute Gasteiger partial charge is 0.363 e. The van der Waals surface area contributed by atoms with Crippen LogP contribution < -0.4 is 9.47 Å². The average molecular weight is 489 g/mol. The second kappa shape index (κ2) is 9.74. The van der Waals surface area contributed by atoms with Gasteiger partial charge in [0.1, 0.15) is 0 Å². The molecule has 0 unspecified atom stereocenters. The summed E-state index contributed by atoms with van der Waals surface area (Å²) in [6, 6.07) is 9.30. The van der Waals surface area contributed by atoms with E-state index in [9.17, 15) is 14.9 Å². The molecule has 0 saturated heterocycles. The van der Waals surface area contributed by atoms with Crippen LogP contribution in [0.1, 0.15) is 31.9 Å². The quantitative estimate of drug-likeness (QED) is 0.221. The summed E-state index contributed by atoms with van der Waals surface area (Å²) in [5, 5.41) is 11.0. The predicted octanol–water partition coefficient (Wildman–Crippen LogP) is 5.14. The van der Waals surface area contributed by atoms with E-state index >= 15 is 0 Å². The number of rotatable bonds is 8. The van der Waals surface area contributed by atoms with Gasteiger partial charge in [-0.15, -0.1) is 0 Å². The fourth-order valence-electron chi connectivity index (χ4n) is 2.77. The first-order valence-corrected chi connectivity index (χ1v) is 10.4. The van der Waals surface area contributed by atoms with E-state index in [0.717, 1.165) is 0 Å². The Kier molecular flexibility index (Phi) is 7.06. The van der Waals surface area contributed by atoms with Gasteiger partial charge in [0.25, 0.3) is 5.69 Å². The molecule has 0 atom stereocenters. The highest BCUT2D eigenvalue weighted by Crippen LogP contribution is 2.38. The van der Waals surface area contributed by atoms with E-state index in [0.29, 0.717) is 46.2 Å². The highest BCUT2D eigenvalue weighted by Gasteiger charge is 2.25. The lowest BCUT2D eigenvalue weighted by molar-refractivity contribution is -0.384. The number of halogens is 1. The number of hydrogen-bond donors (Lipinski definition) is 0. The Hall–Kier alpha value is -3.20. The van der Waals surface area contributed by atoms with Crippen LogP contribution in [0.3, 0.4) is 0 Å². The molecule has 0 radical (unpaired) electrons. The number of nitro groups is 1. The molecule has 1 heterocycles. The number of ether oxygens (including phenoxy) is 3. The van der Waals surface area contributed by atoms with Crippen LogP contribution in [-0.2, 0) is 9.53 Å². The number of carbonyl (C=O) groups excluding carboxylic acids is 1. The van der Waals surface area contributed by atoms with E-state index in [4.69, 9.17) is 14.2 Å². The van der Waals surface area contributed by atoms with Crippen molar-refractivity contribution in [2.45, 2.75) is 20.8 Å². The van der Waals surface area contributed by atoms with E-state index < -0.39 is 10.9 Å². The van der Waals surface area contributed by atoms with Gasteiger partial charge >= 0.3 is 5.97 Å². The zero-order chi connectivity index (χ0) is 22.5. The summed E-state index contributed by atoms with van der Waals surface area (Å²) in [5.41, 5.74) is 0.963. The molecule has 3 rings (SSSR count). The molecule has 0 aliphatic carbocycles. The molecular formula is C22H21BrN2O6. The first-order valence-electron chi connectivity index (χ1n) is 9.65. The van der Waals surface area contributed by atoms with Gasteiger partial charge in [-0.2, -0.15) is 0 Å². The number of cyclic esters (lactones) is 1. The van der Waals surface area contributed by atoms with Crippen molar-refractivity contribution in [3.63, 3.8) is 0 Å². The normalized spacial score (nSPS) is 14.5. The third-order valence-electron chi connectivity index (χ3n) is 4.12. The van der Waals surface area contributed by atoms with E-state index in [2.05, 4.69) is 34.8 Å². The summed E-state index contributed by atoms with van der Waals surface area (Å²) in [7, 11) is 0. The van der Waals surface area contributed by atoms with Crippen LogP contribution >= 0.6 is 15.9 Å². The fraction of sp³-hybridized carbons (Fsp3) is 0.273. The van der Waals surface area contributed by atoms with Gasteiger partial charge in [-0.05, 0) is 58.6 Å². The molecule has 2 aromatic carbocycles. The van der Waals surface area contributed by atoms with Crippen LogP contribution in [0.4, 0.5) is 5.69 Å². The van der Waals surface area contributed by atoms with Gasteiger partial charge in [0.15, 0.2) is 17.2 Å². The van der Waals surface area contributed by atoms with E-state index in [-0.39, 0.29) is 17.3 Å². The molecule has 1 aliphatic rings. The second-order valence-electron chi connectivity index (χ2n) is 7.11. The molecule has 0 amide bonds. The minimum Gasteiger partial charge on any atom is -0.490 e. The Balaban J connectivity index is 1.94. The maximum Gasteiger partial charge on any atom is 0.363 e. The Morgan fingerprint density at radius 2 is 2.03 bits per heavy atom. The molecule has 0 spiro atoms. The lowest BCUT2D eigenvalue weighted by Gasteiger charge is -2.16. The van der Waals surface area contributed by atoms with Crippen LogP contribution in [0.2, 0.25) is 0 Å².